The molecule has 17 heavy (non-hydrogen) atoms. The topological polar surface area (TPSA) is 25.2 Å². The van der Waals surface area contributed by atoms with E-state index in [1.807, 2.05) is 12.1 Å². The molecule has 2 rings (SSSR count). The first-order valence-electron chi connectivity index (χ1n) is 5.00. The largest absolute Gasteiger partial charge is 0.451 e. The van der Waals surface area contributed by atoms with Crippen molar-refractivity contribution < 1.29 is 4.42 Å². The van der Waals surface area contributed by atoms with Crippen molar-refractivity contribution in [2.24, 2.45) is 0 Å². The van der Waals surface area contributed by atoms with Gasteiger partial charge < -0.3 is 9.73 Å². The lowest BCUT2D eigenvalue weighted by Gasteiger charge is -2.09. The first-order valence-corrected chi connectivity index (χ1v) is 7.67. The SMILES string of the molecule is Cc1c(I)cccc1NCc1cc(Br)c(Br)o1. The summed E-state index contributed by atoms with van der Waals surface area (Å²) in [6.45, 7) is 2.78. The van der Waals surface area contributed by atoms with Crippen LogP contribution in [0.2, 0.25) is 0 Å². The van der Waals surface area contributed by atoms with E-state index in [9.17, 15) is 0 Å². The minimum Gasteiger partial charge on any atom is -0.451 e. The smallest absolute Gasteiger partial charge is 0.183 e. The molecule has 0 saturated heterocycles. The lowest BCUT2D eigenvalue weighted by molar-refractivity contribution is 0.494. The third-order valence-corrected chi connectivity index (χ3v) is 5.30. The fourth-order valence-corrected chi connectivity index (χ4v) is 2.62. The lowest BCUT2D eigenvalue weighted by Crippen LogP contribution is -2.00. The van der Waals surface area contributed by atoms with Crippen molar-refractivity contribution in [1.29, 1.82) is 0 Å². The predicted molar refractivity (Wildman–Crippen MR) is 85.3 cm³/mol. The Hall–Kier alpha value is -0.0100. The molecule has 2 nitrogen and oxygen atoms in total. The maximum atomic E-state index is 5.51. The molecule has 1 aromatic carbocycles. The molecule has 1 aromatic heterocycles. The van der Waals surface area contributed by atoms with Crippen molar-refractivity contribution in [3.63, 3.8) is 0 Å². The molecule has 0 fully saturated rings. The standard InChI is InChI=1S/C12H10Br2INO/c1-7-10(15)3-2-4-11(7)16-6-8-5-9(13)12(14)17-8/h2-5,16H,6H2,1H3. The maximum Gasteiger partial charge on any atom is 0.183 e. The average Bonchev–Trinajstić information content (AvgIpc) is 2.61. The van der Waals surface area contributed by atoms with Crippen molar-refractivity contribution in [2.45, 2.75) is 13.5 Å². The molecule has 0 bridgehead atoms. The number of nitrogens with one attached hydrogen (secondary N) is 1. The highest BCUT2D eigenvalue weighted by molar-refractivity contribution is 14.1. The highest BCUT2D eigenvalue weighted by Gasteiger charge is 2.07. The van der Waals surface area contributed by atoms with Crippen molar-refractivity contribution in [3.8, 4) is 0 Å². The van der Waals surface area contributed by atoms with E-state index in [2.05, 4.69) is 78.8 Å². The summed E-state index contributed by atoms with van der Waals surface area (Å²) in [6.07, 6.45) is 0. The second-order valence-electron chi connectivity index (χ2n) is 3.60. The number of halogens is 3. The van der Waals surface area contributed by atoms with Crippen LogP contribution in [0.3, 0.4) is 0 Å². The van der Waals surface area contributed by atoms with Crippen LogP contribution in [0.4, 0.5) is 5.69 Å². The van der Waals surface area contributed by atoms with Crippen molar-refractivity contribution in [1.82, 2.24) is 0 Å². The number of anilines is 1. The Bertz CT molecular complexity index is 520. The van der Waals surface area contributed by atoms with Gasteiger partial charge in [-0.2, -0.15) is 0 Å². The van der Waals surface area contributed by atoms with Gasteiger partial charge in [0.25, 0.3) is 0 Å². The summed E-state index contributed by atoms with van der Waals surface area (Å²) in [7, 11) is 0. The van der Waals surface area contributed by atoms with Gasteiger partial charge >= 0.3 is 0 Å². The van der Waals surface area contributed by atoms with E-state index in [0.29, 0.717) is 6.54 Å². The van der Waals surface area contributed by atoms with E-state index in [1.54, 1.807) is 0 Å². The molecule has 2 aromatic rings. The minimum atomic E-state index is 0.672. The van der Waals surface area contributed by atoms with Gasteiger partial charge in [-0.25, -0.2) is 0 Å². The van der Waals surface area contributed by atoms with Gasteiger partial charge in [0.15, 0.2) is 4.67 Å². The number of rotatable bonds is 3. The predicted octanol–water partition coefficient (Wildman–Crippen LogP) is 5.33. The molecular formula is C12H10Br2INO. The van der Waals surface area contributed by atoms with E-state index in [4.69, 9.17) is 4.42 Å². The lowest BCUT2D eigenvalue weighted by atomic mass is 10.2. The van der Waals surface area contributed by atoms with Gasteiger partial charge in [0.2, 0.25) is 0 Å². The van der Waals surface area contributed by atoms with Gasteiger partial charge in [-0.05, 0) is 85.1 Å². The molecular weight excluding hydrogens is 461 g/mol. The zero-order valence-corrected chi connectivity index (χ0v) is 14.4. The first-order chi connectivity index (χ1) is 8.08. The van der Waals surface area contributed by atoms with Crippen molar-refractivity contribution in [3.05, 3.63) is 48.3 Å². The van der Waals surface area contributed by atoms with Crippen LogP contribution in [0.15, 0.2) is 37.8 Å². The number of furan rings is 1. The molecule has 0 spiro atoms. The molecule has 0 aliphatic rings. The summed E-state index contributed by atoms with van der Waals surface area (Å²) in [6, 6.07) is 8.18. The fourth-order valence-electron chi connectivity index (χ4n) is 1.46. The monoisotopic (exact) mass is 469 g/mol. The average molecular weight is 471 g/mol. The van der Waals surface area contributed by atoms with E-state index >= 15 is 0 Å². The van der Waals surface area contributed by atoms with Crippen LogP contribution >= 0.6 is 54.5 Å². The molecule has 0 radical (unpaired) electrons. The van der Waals surface area contributed by atoms with Crippen LogP contribution < -0.4 is 5.32 Å². The fraction of sp³-hybridized carbons (Fsp3) is 0.167. The Labute approximate surface area is 131 Å². The van der Waals surface area contributed by atoms with Crippen LogP contribution in [0.5, 0.6) is 0 Å². The van der Waals surface area contributed by atoms with Gasteiger partial charge in [0.1, 0.15) is 5.76 Å². The molecule has 0 unspecified atom stereocenters. The summed E-state index contributed by atoms with van der Waals surface area (Å²) in [5, 5.41) is 3.37. The Balaban J connectivity index is 2.10. The second kappa shape index (κ2) is 5.75. The number of hydrogen-bond acceptors (Lipinski definition) is 2. The molecule has 0 atom stereocenters. The summed E-state index contributed by atoms with van der Waals surface area (Å²) in [5.74, 6) is 0.891. The Kier molecular flexibility index (Phi) is 4.54. The van der Waals surface area contributed by atoms with E-state index in [0.717, 1.165) is 20.6 Å². The maximum absolute atomic E-state index is 5.51. The Morgan fingerprint density at radius 3 is 2.76 bits per heavy atom. The quantitative estimate of drug-likeness (QED) is 0.613. The molecule has 0 aliphatic carbocycles. The highest BCUT2D eigenvalue weighted by atomic mass is 127. The minimum absolute atomic E-state index is 0.672. The van der Waals surface area contributed by atoms with Crippen LogP contribution in [0.1, 0.15) is 11.3 Å². The zero-order valence-electron chi connectivity index (χ0n) is 9.06. The Morgan fingerprint density at radius 1 is 1.35 bits per heavy atom. The molecule has 90 valence electrons. The first kappa shape index (κ1) is 13.4. The van der Waals surface area contributed by atoms with Gasteiger partial charge in [-0.15, -0.1) is 0 Å². The number of hydrogen-bond donors (Lipinski definition) is 1. The van der Waals surface area contributed by atoms with Gasteiger partial charge in [-0.3, -0.25) is 0 Å². The van der Waals surface area contributed by atoms with Crippen molar-refractivity contribution >= 4 is 60.1 Å². The Morgan fingerprint density at radius 2 is 2.12 bits per heavy atom. The summed E-state index contributed by atoms with van der Waals surface area (Å²) in [4.78, 5) is 0. The molecule has 0 aliphatic heterocycles. The highest BCUT2D eigenvalue weighted by Crippen LogP contribution is 2.27. The summed E-state index contributed by atoms with van der Waals surface area (Å²) in [5.41, 5.74) is 2.40. The van der Waals surface area contributed by atoms with Crippen LogP contribution in [-0.2, 0) is 6.54 Å². The van der Waals surface area contributed by atoms with Gasteiger partial charge in [0.05, 0.1) is 11.0 Å². The molecule has 0 amide bonds. The van der Waals surface area contributed by atoms with Crippen LogP contribution in [-0.4, -0.2) is 0 Å². The third-order valence-electron chi connectivity index (χ3n) is 2.42. The van der Waals surface area contributed by atoms with Crippen molar-refractivity contribution in [2.75, 3.05) is 5.32 Å². The molecule has 1 N–H and O–H groups in total. The van der Waals surface area contributed by atoms with E-state index in [-0.39, 0.29) is 0 Å². The molecule has 5 heteroatoms. The number of benzene rings is 1. The summed E-state index contributed by atoms with van der Waals surface area (Å²) >= 11 is 9.06. The van der Waals surface area contributed by atoms with Gasteiger partial charge in [-0.1, -0.05) is 6.07 Å². The molecule has 1 heterocycles. The summed E-state index contributed by atoms with van der Waals surface area (Å²) < 4.78 is 8.44. The third kappa shape index (κ3) is 3.26. The second-order valence-corrected chi connectivity index (χ2v) is 6.34. The van der Waals surface area contributed by atoms with Gasteiger partial charge in [0, 0.05) is 9.26 Å². The zero-order chi connectivity index (χ0) is 12.4. The van der Waals surface area contributed by atoms with Crippen LogP contribution in [0, 0.1) is 10.5 Å². The van der Waals surface area contributed by atoms with E-state index < -0.39 is 0 Å². The molecule has 0 saturated carbocycles. The van der Waals surface area contributed by atoms with E-state index in [1.165, 1.54) is 9.13 Å². The normalized spacial score (nSPS) is 10.6. The van der Waals surface area contributed by atoms with Crippen LogP contribution in [0.25, 0.3) is 0 Å².